The summed E-state index contributed by atoms with van der Waals surface area (Å²) in [5.41, 5.74) is 0.104. The maximum Gasteiger partial charge on any atom is 0.150 e. The molecule has 0 aromatic heterocycles. The lowest BCUT2D eigenvalue weighted by Gasteiger charge is -2.29. The van der Waals surface area contributed by atoms with Crippen LogP contribution < -0.4 is 5.32 Å². The fourth-order valence-electron chi connectivity index (χ4n) is 2.68. The van der Waals surface area contributed by atoms with Crippen molar-refractivity contribution < 1.29 is 8.42 Å². The quantitative estimate of drug-likeness (QED) is 0.838. The molecule has 1 rings (SSSR count). The van der Waals surface area contributed by atoms with Crippen molar-refractivity contribution in [2.45, 2.75) is 53.0 Å². The van der Waals surface area contributed by atoms with Crippen LogP contribution in [0.2, 0.25) is 0 Å². The standard InChI is InChI=1S/C14H29NO2S/c1-11(2)8-13(9-15-14(3,4)5)12-6-7-18(16,17)10-12/h11-13,15H,6-10H2,1-5H3. The lowest BCUT2D eigenvalue weighted by molar-refractivity contribution is 0.264. The highest BCUT2D eigenvalue weighted by molar-refractivity contribution is 7.91. The Balaban J connectivity index is 2.61. The average molecular weight is 275 g/mol. The minimum atomic E-state index is -2.76. The topological polar surface area (TPSA) is 46.2 Å². The van der Waals surface area contributed by atoms with Gasteiger partial charge in [-0.2, -0.15) is 0 Å². The molecule has 2 unspecified atom stereocenters. The van der Waals surface area contributed by atoms with Gasteiger partial charge in [0.1, 0.15) is 0 Å². The van der Waals surface area contributed by atoms with Gasteiger partial charge in [0, 0.05) is 5.54 Å². The zero-order valence-electron chi connectivity index (χ0n) is 12.5. The summed E-state index contributed by atoms with van der Waals surface area (Å²) in [6, 6.07) is 0. The van der Waals surface area contributed by atoms with E-state index in [1.54, 1.807) is 0 Å². The monoisotopic (exact) mass is 275 g/mol. The second kappa shape index (κ2) is 5.91. The van der Waals surface area contributed by atoms with Crippen LogP contribution in [0.1, 0.15) is 47.5 Å². The van der Waals surface area contributed by atoms with Crippen molar-refractivity contribution in [3.8, 4) is 0 Å². The molecule has 0 aliphatic carbocycles. The number of rotatable bonds is 5. The van der Waals surface area contributed by atoms with E-state index in [1.807, 2.05) is 0 Å². The van der Waals surface area contributed by atoms with E-state index in [0.717, 1.165) is 19.4 Å². The van der Waals surface area contributed by atoms with E-state index in [1.165, 1.54) is 0 Å². The van der Waals surface area contributed by atoms with E-state index < -0.39 is 9.84 Å². The molecule has 0 spiro atoms. The largest absolute Gasteiger partial charge is 0.312 e. The highest BCUT2D eigenvalue weighted by atomic mass is 32.2. The molecule has 1 heterocycles. The van der Waals surface area contributed by atoms with Gasteiger partial charge in [0.05, 0.1) is 11.5 Å². The molecule has 18 heavy (non-hydrogen) atoms. The summed E-state index contributed by atoms with van der Waals surface area (Å²) < 4.78 is 23.2. The predicted molar refractivity (Wildman–Crippen MR) is 77.5 cm³/mol. The zero-order valence-corrected chi connectivity index (χ0v) is 13.3. The Labute approximate surface area is 113 Å². The number of nitrogens with one attached hydrogen (secondary N) is 1. The van der Waals surface area contributed by atoms with Gasteiger partial charge in [-0.1, -0.05) is 13.8 Å². The van der Waals surface area contributed by atoms with E-state index >= 15 is 0 Å². The minimum Gasteiger partial charge on any atom is -0.312 e. The zero-order chi connectivity index (χ0) is 14.0. The summed E-state index contributed by atoms with van der Waals surface area (Å²) in [6.45, 7) is 11.8. The molecule has 1 aliphatic heterocycles. The van der Waals surface area contributed by atoms with Crippen molar-refractivity contribution >= 4 is 9.84 Å². The van der Waals surface area contributed by atoms with E-state index in [2.05, 4.69) is 39.9 Å². The molecule has 1 N–H and O–H groups in total. The van der Waals surface area contributed by atoms with Gasteiger partial charge in [-0.3, -0.25) is 0 Å². The molecule has 0 bridgehead atoms. The summed E-state index contributed by atoms with van der Waals surface area (Å²) in [5.74, 6) is 2.26. The molecule has 0 radical (unpaired) electrons. The summed E-state index contributed by atoms with van der Waals surface area (Å²) in [7, 11) is -2.76. The smallest absolute Gasteiger partial charge is 0.150 e. The van der Waals surface area contributed by atoms with Gasteiger partial charge >= 0.3 is 0 Å². The van der Waals surface area contributed by atoms with Crippen molar-refractivity contribution in [1.82, 2.24) is 5.32 Å². The van der Waals surface area contributed by atoms with Gasteiger partial charge in [0.2, 0.25) is 0 Å². The van der Waals surface area contributed by atoms with Gasteiger partial charge < -0.3 is 5.32 Å². The molecule has 0 saturated carbocycles. The number of hydrogen-bond donors (Lipinski definition) is 1. The van der Waals surface area contributed by atoms with Crippen molar-refractivity contribution in [3.05, 3.63) is 0 Å². The summed E-state index contributed by atoms with van der Waals surface area (Å²) in [6.07, 6.45) is 1.97. The first-order valence-electron chi connectivity index (χ1n) is 7.04. The maximum atomic E-state index is 11.6. The van der Waals surface area contributed by atoms with E-state index in [4.69, 9.17) is 0 Å². The van der Waals surface area contributed by atoms with Crippen LogP contribution in [0.25, 0.3) is 0 Å². The molecule has 1 fully saturated rings. The van der Waals surface area contributed by atoms with E-state index in [-0.39, 0.29) is 5.54 Å². The first-order valence-corrected chi connectivity index (χ1v) is 8.86. The predicted octanol–water partition coefficient (Wildman–Crippen LogP) is 2.47. The van der Waals surface area contributed by atoms with Crippen LogP contribution in [0.5, 0.6) is 0 Å². The fraction of sp³-hybridized carbons (Fsp3) is 1.00. The van der Waals surface area contributed by atoms with Crippen LogP contribution in [0.3, 0.4) is 0 Å². The van der Waals surface area contributed by atoms with Gasteiger partial charge in [0.15, 0.2) is 9.84 Å². The molecule has 0 aromatic rings. The molecule has 3 nitrogen and oxygen atoms in total. The van der Waals surface area contributed by atoms with Crippen molar-refractivity contribution in [1.29, 1.82) is 0 Å². The van der Waals surface area contributed by atoms with Crippen molar-refractivity contribution in [3.63, 3.8) is 0 Å². The van der Waals surface area contributed by atoms with Gasteiger partial charge in [0.25, 0.3) is 0 Å². The molecule has 0 aromatic carbocycles. The highest BCUT2D eigenvalue weighted by Crippen LogP contribution is 2.30. The second-order valence-corrected chi connectivity index (χ2v) is 9.41. The Kier molecular flexibility index (Phi) is 5.24. The molecule has 1 saturated heterocycles. The molecular weight excluding hydrogens is 246 g/mol. The molecule has 1 aliphatic rings. The minimum absolute atomic E-state index is 0.104. The lowest BCUT2D eigenvalue weighted by Crippen LogP contribution is -2.41. The Bertz CT molecular complexity index is 354. The van der Waals surface area contributed by atoms with Crippen LogP contribution in [0, 0.1) is 17.8 Å². The molecule has 108 valence electrons. The third-order valence-electron chi connectivity index (χ3n) is 3.60. The first-order chi connectivity index (χ1) is 8.09. The Morgan fingerprint density at radius 2 is 1.89 bits per heavy atom. The van der Waals surface area contributed by atoms with Crippen molar-refractivity contribution in [2.75, 3.05) is 18.1 Å². The van der Waals surface area contributed by atoms with Crippen LogP contribution in [0.4, 0.5) is 0 Å². The van der Waals surface area contributed by atoms with Crippen LogP contribution in [-0.2, 0) is 9.84 Å². The molecule has 2 atom stereocenters. The van der Waals surface area contributed by atoms with Crippen LogP contribution in [0.15, 0.2) is 0 Å². The summed E-state index contributed by atoms with van der Waals surface area (Å²) in [4.78, 5) is 0. The summed E-state index contributed by atoms with van der Waals surface area (Å²) in [5, 5.41) is 3.54. The van der Waals surface area contributed by atoms with Gasteiger partial charge in [-0.05, 0) is 57.9 Å². The van der Waals surface area contributed by atoms with Crippen molar-refractivity contribution in [2.24, 2.45) is 17.8 Å². The lowest BCUT2D eigenvalue weighted by atomic mass is 9.84. The number of sulfone groups is 1. The highest BCUT2D eigenvalue weighted by Gasteiger charge is 2.34. The fourth-order valence-corrected chi connectivity index (χ4v) is 4.60. The average Bonchev–Trinajstić information content (AvgIpc) is 2.51. The Morgan fingerprint density at radius 3 is 2.28 bits per heavy atom. The first kappa shape index (κ1) is 16.0. The van der Waals surface area contributed by atoms with Gasteiger partial charge in [-0.15, -0.1) is 0 Å². The number of hydrogen-bond acceptors (Lipinski definition) is 3. The Morgan fingerprint density at radius 1 is 1.28 bits per heavy atom. The van der Waals surface area contributed by atoms with Gasteiger partial charge in [-0.25, -0.2) is 8.42 Å². The third-order valence-corrected chi connectivity index (χ3v) is 5.40. The van der Waals surface area contributed by atoms with Crippen LogP contribution >= 0.6 is 0 Å². The molecule has 0 amide bonds. The summed E-state index contributed by atoms with van der Waals surface area (Å²) >= 11 is 0. The molecular formula is C14H29NO2S. The molecule has 4 heteroatoms. The SMILES string of the molecule is CC(C)CC(CNC(C)(C)C)C1CCS(=O)(=O)C1. The van der Waals surface area contributed by atoms with Crippen LogP contribution in [-0.4, -0.2) is 32.0 Å². The third kappa shape index (κ3) is 5.70. The van der Waals surface area contributed by atoms with E-state index in [9.17, 15) is 8.42 Å². The normalized spacial score (nSPS) is 25.6. The van der Waals surface area contributed by atoms with E-state index in [0.29, 0.717) is 29.3 Å². The second-order valence-electron chi connectivity index (χ2n) is 7.18. The maximum absolute atomic E-state index is 11.6. The Hall–Kier alpha value is -0.0900.